The predicted molar refractivity (Wildman–Crippen MR) is 39.5 cm³/mol. The molecule has 3 nitrogen and oxygen atoms in total. The number of carboxylic acid groups (broad SMARTS) is 1. The fourth-order valence-electron chi connectivity index (χ4n) is 1.02. The first-order valence-corrected chi connectivity index (χ1v) is 3.37. The van der Waals surface area contributed by atoms with E-state index in [2.05, 4.69) is 0 Å². The van der Waals surface area contributed by atoms with Crippen LogP contribution in [0.4, 0.5) is 0 Å². The summed E-state index contributed by atoms with van der Waals surface area (Å²) in [4.78, 5) is 10.3. The highest BCUT2D eigenvalue weighted by atomic mass is 16.4. The minimum absolute atomic E-state index is 0.0448. The van der Waals surface area contributed by atoms with Gasteiger partial charge in [0.15, 0.2) is 0 Å². The first kappa shape index (κ1) is 7.85. The highest BCUT2D eigenvalue weighted by Gasteiger charge is 2.07. The molecule has 0 aliphatic heterocycles. The van der Waals surface area contributed by atoms with Gasteiger partial charge in [-0.05, 0) is 19.9 Å². The van der Waals surface area contributed by atoms with Crippen molar-refractivity contribution in [2.24, 2.45) is 0 Å². The minimum Gasteiger partial charge on any atom is -0.481 e. The largest absolute Gasteiger partial charge is 0.481 e. The molecule has 3 heteroatoms. The van der Waals surface area contributed by atoms with Crippen LogP contribution in [0.25, 0.3) is 0 Å². The lowest BCUT2D eigenvalue weighted by molar-refractivity contribution is -0.136. The molecule has 1 N–H and O–H groups in total. The van der Waals surface area contributed by atoms with Crippen molar-refractivity contribution in [3.8, 4) is 0 Å². The van der Waals surface area contributed by atoms with Crippen molar-refractivity contribution >= 4 is 5.97 Å². The maximum Gasteiger partial charge on any atom is 0.307 e. The van der Waals surface area contributed by atoms with Crippen molar-refractivity contribution in [3.63, 3.8) is 0 Å². The molecule has 0 amide bonds. The Morgan fingerprint density at radius 1 is 1.64 bits per heavy atom. The van der Waals surface area contributed by atoms with E-state index in [0.717, 1.165) is 11.3 Å². The molecule has 0 saturated carbocycles. The molecule has 1 heterocycles. The molecule has 0 fully saturated rings. The van der Waals surface area contributed by atoms with Gasteiger partial charge < -0.3 is 9.52 Å². The average molecular weight is 154 g/mol. The summed E-state index contributed by atoms with van der Waals surface area (Å²) < 4.78 is 5.15. The van der Waals surface area contributed by atoms with E-state index in [0.29, 0.717) is 5.76 Å². The second-order valence-electron chi connectivity index (χ2n) is 2.51. The number of aliphatic carboxylic acids is 1. The van der Waals surface area contributed by atoms with Crippen LogP contribution in [-0.4, -0.2) is 11.1 Å². The monoisotopic (exact) mass is 154 g/mol. The molecular formula is C8H10O3. The maximum atomic E-state index is 10.3. The molecule has 1 rings (SSSR count). The summed E-state index contributed by atoms with van der Waals surface area (Å²) in [6, 6.07) is 1.75. The van der Waals surface area contributed by atoms with Gasteiger partial charge in [0.1, 0.15) is 11.5 Å². The minimum atomic E-state index is -0.825. The van der Waals surface area contributed by atoms with Crippen molar-refractivity contribution in [2.75, 3.05) is 0 Å². The second kappa shape index (κ2) is 2.78. The van der Waals surface area contributed by atoms with Gasteiger partial charge in [-0.2, -0.15) is 0 Å². The molecule has 0 atom stereocenters. The van der Waals surface area contributed by atoms with Crippen LogP contribution in [-0.2, 0) is 11.2 Å². The Bertz CT molecular complexity index is 273. The van der Waals surface area contributed by atoms with Crippen molar-refractivity contribution in [2.45, 2.75) is 20.3 Å². The van der Waals surface area contributed by atoms with Crippen LogP contribution in [0.5, 0.6) is 0 Å². The van der Waals surface area contributed by atoms with E-state index >= 15 is 0 Å². The highest BCUT2D eigenvalue weighted by molar-refractivity contribution is 5.70. The molecule has 11 heavy (non-hydrogen) atoms. The van der Waals surface area contributed by atoms with E-state index in [1.807, 2.05) is 0 Å². The summed E-state index contributed by atoms with van der Waals surface area (Å²) in [5.41, 5.74) is 0.759. The Morgan fingerprint density at radius 3 is 2.64 bits per heavy atom. The number of aryl methyl sites for hydroxylation is 2. The van der Waals surface area contributed by atoms with Crippen LogP contribution in [0.2, 0.25) is 0 Å². The van der Waals surface area contributed by atoms with Crippen LogP contribution >= 0.6 is 0 Å². The molecule has 0 aliphatic rings. The van der Waals surface area contributed by atoms with Crippen molar-refractivity contribution in [3.05, 3.63) is 23.2 Å². The quantitative estimate of drug-likeness (QED) is 0.702. The highest BCUT2D eigenvalue weighted by Crippen LogP contribution is 2.13. The molecule has 1 aromatic rings. The standard InChI is InChI=1S/C8H10O3/c1-5-3-7(4-8(9)10)6(2)11-5/h3H,4H2,1-2H3,(H,9,10). The van der Waals surface area contributed by atoms with Gasteiger partial charge in [0.25, 0.3) is 0 Å². The lowest BCUT2D eigenvalue weighted by Gasteiger charge is -1.90. The molecular weight excluding hydrogens is 144 g/mol. The molecule has 0 saturated heterocycles. The number of rotatable bonds is 2. The fraction of sp³-hybridized carbons (Fsp3) is 0.375. The summed E-state index contributed by atoms with van der Waals surface area (Å²) in [5.74, 6) is 0.637. The first-order chi connectivity index (χ1) is 5.09. The number of furan rings is 1. The zero-order valence-corrected chi connectivity index (χ0v) is 6.55. The predicted octanol–water partition coefficient (Wildman–Crippen LogP) is 1.52. The van der Waals surface area contributed by atoms with Gasteiger partial charge in [-0.1, -0.05) is 0 Å². The van der Waals surface area contributed by atoms with Gasteiger partial charge in [-0.25, -0.2) is 0 Å². The SMILES string of the molecule is Cc1cc(CC(=O)O)c(C)o1. The van der Waals surface area contributed by atoms with Crippen LogP contribution in [0.1, 0.15) is 17.1 Å². The Balaban J connectivity index is 2.85. The zero-order valence-electron chi connectivity index (χ0n) is 6.55. The first-order valence-electron chi connectivity index (χ1n) is 3.37. The Hall–Kier alpha value is -1.25. The van der Waals surface area contributed by atoms with Crippen molar-refractivity contribution in [1.29, 1.82) is 0 Å². The summed E-state index contributed by atoms with van der Waals surface area (Å²) in [7, 11) is 0. The summed E-state index contributed by atoms with van der Waals surface area (Å²) >= 11 is 0. The van der Waals surface area contributed by atoms with Gasteiger partial charge in [-0.3, -0.25) is 4.79 Å². The Morgan fingerprint density at radius 2 is 2.27 bits per heavy atom. The van der Waals surface area contributed by atoms with Gasteiger partial charge in [0, 0.05) is 5.56 Å². The number of carboxylic acids is 1. The smallest absolute Gasteiger partial charge is 0.307 e. The van der Waals surface area contributed by atoms with Crippen LogP contribution < -0.4 is 0 Å². The molecule has 1 aromatic heterocycles. The molecule has 0 radical (unpaired) electrons. The van der Waals surface area contributed by atoms with Gasteiger partial charge in [0.05, 0.1) is 6.42 Å². The van der Waals surface area contributed by atoms with E-state index < -0.39 is 5.97 Å². The lowest BCUT2D eigenvalue weighted by Crippen LogP contribution is -1.99. The molecule has 60 valence electrons. The summed E-state index contributed by atoms with van der Waals surface area (Å²) in [6.45, 7) is 3.57. The summed E-state index contributed by atoms with van der Waals surface area (Å²) in [5, 5.41) is 8.46. The van der Waals surface area contributed by atoms with Crippen LogP contribution in [0.15, 0.2) is 10.5 Å². The fourth-order valence-corrected chi connectivity index (χ4v) is 1.02. The van der Waals surface area contributed by atoms with Crippen molar-refractivity contribution in [1.82, 2.24) is 0 Å². The topological polar surface area (TPSA) is 50.4 Å². The Labute approximate surface area is 64.6 Å². The average Bonchev–Trinajstić information content (AvgIpc) is 2.09. The van der Waals surface area contributed by atoms with E-state index in [4.69, 9.17) is 9.52 Å². The molecule has 0 aliphatic carbocycles. The van der Waals surface area contributed by atoms with Crippen LogP contribution in [0, 0.1) is 13.8 Å². The molecule has 0 spiro atoms. The zero-order chi connectivity index (χ0) is 8.43. The van der Waals surface area contributed by atoms with E-state index in [1.54, 1.807) is 19.9 Å². The molecule has 0 unspecified atom stereocenters. The van der Waals surface area contributed by atoms with Gasteiger partial charge >= 0.3 is 5.97 Å². The van der Waals surface area contributed by atoms with E-state index in [-0.39, 0.29) is 6.42 Å². The number of hydrogen-bond acceptors (Lipinski definition) is 2. The second-order valence-corrected chi connectivity index (χ2v) is 2.51. The van der Waals surface area contributed by atoms with E-state index in [1.165, 1.54) is 0 Å². The normalized spacial score (nSPS) is 10.0. The Kier molecular flexibility index (Phi) is 1.98. The summed E-state index contributed by atoms with van der Waals surface area (Å²) in [6.07, 6.45) is 0.0448. The molecule has 0 aromatic carbocycles. The van der Waals surface area contributed by atoms with Crippen molar-refractivity contribution < 1.29 is 14.3 Å². The maximum absolute atomic E-state index is 10.3. The van der Waals surface area contributed by atoms with Gasteiger partial charge in [-0.15, -0.1) is 0 Å². The van der Waals surface area contributed by atoms with Gasteiger partial charge in [0.2, 0.25) is 0 Å². The lowest BCUT2D eigenvalue weighted by atomic mass is 10.2. The number of hydrogen-bond donors (Lipinski definition) is 1. The third-order valence-electron chi connectivity index (χ3n) is 1.49. The third-order valence-corrected chi connectivity index (χ3v) is 1.49. The van der Waals surface area contributed by atoms with E-state index in [9.17, 15) is 4.79 Å². The van der Waals surface area contributed by atoms with Crippen LogP contribution in [0.3, 0.4) is 0 Å². The third kappa shape index (κ3) is 1.83. The number of carbonyl (C=O) groups is 1. The molecule has 0 bridgehead atoms.